The van der Waals surface area contributed by atoms with E-state index in [0.29, 0.717) is 24.4 Å². The van der Waals surface area contributed by atoms with Gasteiger partial charge in [0.25, 0.3) is 0 Å². The van der Waals surface area contributed by atoms with Crippen LogP contribution in [0, 0.1) is 23.7 Å². The number of carbonyl (C=O) groups is 2. The quantitative estimate of drug-likeness (QED) is 0.863. The van der Waals surface area contributed by atoms with Gasteiger partial charge in [0, 0.05) is 25.0 Å². The van der Waals surface area contributed by atoms with Gasteiger partial charge in [0.15, 0.2) is 0 Å². The highest BCUT2D eigenvalue weighted by Crippen LogP contribution is 2.49. The van der Waals surface area contributed by atoms with E-state index >= 15 is 0 Å². The van der Waals surface area contributed by atoms with Gasteiger partial charge < -0.3 is 10.2 Å². The molecule has 4 nitrogen and oxygen atoms in total. The van der Waals surface area contributed by atoms with Crippen LogP contribution in [0.1, 0.15) is 51.4 Å². The Bertz CT molecular complexity index is 446. The predicted molar refractivity (Wildman–Crippen MR) is 79.4 cm³/mol. The summed E-state index contributed by atoms with van der Waals surface area (Å²) < 4.78 is 0. The molecule has 4 aliphatic rings. The lowest BCUT2D eigenvalue weighted by Crippen LogP contribution is -2.48. The second-order valence-electron chi connectivity index (χ2n) is 7.69. The Morgan fingerprint density at radius 3 is 2.52 bits per heavy atom. The van der Waals surface area contributed by atoms with Crippen LogP contribution in [0.25, 0.3) is 0 Å². The number of carbonyl (C=O) groups excluding carboxylic acids is 2. The molecule has 21 heavy (non-hydrogen) atoms. The molecule has 3 saturated carbocycles. The van der Waals surface area contributed by atoms with Crippen LogP contribution in [0.4, 0.5) is 0 Å². The third-order valence-electron chi connectivity index (χ3n) is 6.08. The predicted octanol–water partition coefficient (Wildman–Crippen LogP) is 1.94. The van der Waals surface area contributed by atoms with Gasteiger partial charge >= 0.3 is 0 Å². The second-order valence-corrected chi connectivity index (χ2v) is 7.69. The molecular formula is C17H26N2O2. The number of rotatable bonds is 3. The van der Waals surface area contributed by atoms with Crippen molar-refractivity contribution >= 4 is 11.8 Å². The van der Waals surface area contributed by atoms with Crippen molar-refractivity contribution in [1.82, 2.24) is 10.2 Å². The fourth-order valence-electron chi connectivity index (χ4n) is 4.72. The van der Waals surface area contributed by atoms with Crippen molar-refractivity contribution in [3.05, 3.63) is 0 Å². The molecule has 3 aliphatic carbocycles. The van der Waals surface area contributed by atoms with Gasteiger partial charge in [-0.3, -0.25) is 9.59 Å². The smallest absolute Gasteiger partial charge is 0.225 e. The van der Waals surface area contributed by atoms with E-state index in [9.17, 15) is 9.59 Å². The van der Waals surface area contributed by atoms with Crippen molar-refractivity contribution in [2.75, 3.05) is 13.1 Å². The molecule has 1 saturated heterocycles. The lowest BCUT2D eigenvalue weighted by Gasteiger charge is -2.35. The molecule has 4 heteroatoms. The molecule has 116 valence electrons. The monoisotopic (exact) mass is 290 g/mol. The molecule has 0 unspecified atom stereocenters. The van der Waals surface area contributed by atoms with Gasteiger partial charge in [0.2, 0.25) is 11.8 Å². The largest absolute Gasteiger partial charge is 0.353 e. The summed E-state index contributed by atoms with van der Waals surface area (Å²) in [6, 6.07) is 0.425. The first-order chi connectivity index (χ1) is 10.2. The van der Waals surface area contributed by atoms with Crippen LogP contribution >= 0.6 is 0 Å². The number of hydrogen-bond acceptors (Lipinski definition) is 2. The minimum atomic E-state index is 0.0295. The van der Waals surface area contributed by atoms with Gasteiger partial charge in [-0.15, -0.1) is 0 Å². The zero-order valence-electron chi connectivity index (χ0n) is 12.7. The average molecular weight is 290 g/mol. The molecule has 1 N–H and O–H groups in total. The number of nitrogens with one attached hydrogen (secondary N) is 1. The van der Waals surface area contributed by atoms with Gasteiger partial charge in [-0.1, -0.05) is 6.42 Å². The Kier molecular flexibility index (Phi) is 3.43. The Balaban J connectivity index is 1.36. The summed E-state index contributed by atoms with van der Waals surface area (Å²) in [5.74, 6) is 2.29. The van der Waals surface area contributed by atoms with Gasteiger partial charge in [0.1, 0.15) is 0 Å². The normalized spacial score (nSPS) is 38.6. The second kappa shape index (κ2) is 5.29. The fraction of sp³-hybridized carbons (Fsp3) is 0.882. The average Bonchev–Trinajstić information content (AvgIpc) is 3.07. The molecule has 0 aromatic rings. The maximum Gasteiger partial charge on any atom is 0.225 e. The highest BCUT2D eigenvalue weighted by atomic mass is 16.2. The minimum absolute atomic E-state index is 0.0295. The molecule has 4 fully saturated rings. The number of fused-ring (bicyclic) bond motifs is 2. The van der Waals surface area contributed by atoms with Crippen LogP contribution < -0.4 is 5.32 Å². The highest BCUT2D eigenvalue weighted by Gasteiger charge is 2.45. The van der Waals surface area contributed by atoms with Crippen LogP contribution in [0.3, 0.4) is 0 Å². The Hall–Kier alpha value is -1.06. The molecule has 0 aromatic carbocycles. The molecule has 4 rings (SSSR count). The van der Waals surface area contributed by atoms with Crippen LogP contribution in [0.15, 0.2) is 0 Å². The number of nitrogens with zero attached hydrogens (tertiary/aromatic N) is 1. The number of amides is 2. The van der Waals surface area contributed by atoms with Crippen molar-refractivity contribution < 1.29 is 9.59 Å². The number of piperidine rings is 1. The SMILES string of the molecule is O=C(NC1CC1)[C@H]1CCCN(C(=O)[C@H]2C[C@H]3CC[C@H]2C3)C1. The molecule has 0 spiro atoms. The topological polar surface area (TPSA) is 49.4 Å². The van der Waals surface area contributed by atoms with Crippen LogP contribution in [0.5, 0.6) is 0 Å². The van der Waals surface area contributed by atoms with Crippen molar-refractivity contribution in [1.29, 1.82) is 0 Å². The third kappa shape index (κ3) is 2.69. The summed E-state index contributed by atoms with van der Waals surface area (Å²) in [6.45, 7) is 1.52. The zero-order chi connectivity index (χ0) is 14.4. The molecule has 2 amide bonds. The molecular weight excluding hydrogens is 264 g/mol. The number of hydrogen-bond donors (Lipinski definition) is 1. The Morgan fingerprint density at radius 2 is 1.86 bits per heavy atom. The van der Waals surface area contributed by atoms with E-state index in [2.05, 4.69) is 5.32 Å². The lowest BCUT2D eigenvalue weighted by atomic mass is 9.86. The molecule has 2 bridgehead atoms. The summed E-state index contributed by atoms with van der Waals surface area (Å²) in [5, 5.41) is 3.10. The first-order valence-electron chi connectivity index (χ1n) is 8.80. The third-order valence-corrected chi connectivity index (χ3v) is 6.08. The summed E-state index contributed by atoms with van der Waals surface area (Å²) in [7, 11) is 0. The maximum absolute atomic E-state index is 12.8. The first kappa shape index (κ1) is 13.6. The van der Waals surface area contributed by atoms with Gasteiger partial charge in [-0.05, 0) is 56.8 Å². The van der Waals surface area contributed by atoms with Crippen molar-refractivity contribution in [3.8, 4) is 0 Å². The van der Waals surface area contributed by atoms with Crippen LogP contribution in [-0.2, 0) is 9.59 Å². The van der Waals surface area contributed by atoms with E-state index in [1.165, 1.54) is 19.3 Å². The summed E-state index contributed by atoms with van der Waals surface area (Å²) in [5.41, 5.74) is 0. The van der Waals surface area contributed by atoms with Crippen molar-refractivity contribution in [2.45, 2.75) is 57.4 Å². The van der Waals surface area contributed by atoms with Gasteiger partial charge in [-0.25, -0.2) is 0 Å². The van der Waals surface area contributed by atoms with Gasteiger partial charge in [-0.2, -0.15) is 0 Å². The standard InChI is InChI=1S/C17H26N2O2/c20-16(18-14-5-6-14)13-2-1-7-19(10-13)17(21)15-9-11-3-4-12(15)8-11/h11-15H,1-10H2,(H,18,20)/t11-,12-,13-,15-/m0/s1. The zero-order valence-corrected chi connectivity index (χ0v) is 12.7. The molecule has 4 atom stereocenters. The van der Waals surface area contributed by atoms with Gasteiger partial charge in [0.05, 0.1) is 5.92 Å². The van der Waals surface area contributed by atoms with E-state index in [4.69, 9.17) is 0 Å². The Labute approximate surface area is 126 Å². The van der Waals surface area contributed by atoms with Crippen LogP contribution in [-0.4, -0.2) is 35.8 Å². The first-order valence-corrected chi connectivity index (χ1v) is 8.80. The molecule has 1 aliphatic heterocycles. The van der Waals surface area contributed by atoms with Crippen LogP contribution in [0.2, 0.25) is 0 Å². The maximum atomic E-state index is 12.8. The highest BCUT2D eigenvalue weighted by molar-refractivity contribution is 5.83. The fourth-order valence-corrected chi connectivity index (χ4v) is 4.72. The Morgan fingerprint density at radius 1 is 1.00 bits per heavy atom. The van der Waals surface area contributed by atoms with E-state index in [0.717, 1.165) is 44.6 Å². The number of likely N-dealkylation sites (tertiary alicyclic amines) is 1. The minimum Gasteiger partial charge on any atom is -0.353 e. The van der Waals surface area contributed by atoms with Crippen molar-refractivity contribution in [3.63, 3.8) is 0 Å². The summed E-state index contributed by atoms with van der Waals surface area (Å²) in [6.07, 6.45) is 9.16. The van der Waals surface area contributed by atoms with Crippen molar-refractivity contribution in [2.24, 2.45) is 23.7 Å². The molecule has 0 aromatic heterocycles. The summed E-state index contributed by atoms with van der Waals surface area (Å²) in [4.78, 5) is 27.0. The van der Waals surface area contributed by atoms with E-state index in [1.807, 2.05) is 4.90 Å². The van der Waals surface area contributed by atoms with E-state index in [-0.39, 0.29) is 17.7 Å². The molecule has 1 heterocycles. The van der Waals surface area contributed by atoms with E-state index in [1.54, 1.807) is 0 Å². The molecule has 0 radical (unpaired) electrons. The lowest BCUT2D eigenvalue weighted by molar-refractivity contribution is -0.140. The summed E-state index contributed by atoms with van der Waals surface area (Å²) >= 11 is 0. The van der Waals surface area contributed by atoms with E-state index < -0.39 is 0 Å².